The minimum absolute atomic E-state index is 0.0680. The number of aryl methyl sites for hydroxylation is 2. The van der Waals surface area contributed by atoms with Crippen molar-refractivity contribution in [3.63, 3.8) is 0 Å². The van der Waals surface area contributed by atoms with E-state index >= 15 is 0 Å². The van der Waals surface area contributed by atoms with Gasteiger partial charge in [0.25, 0.3) is 5.91 Å². The van der Waals surface area contributed by atoms with Gasteiger partial charge in [-0.1, -0.05) is 19.3 Å². The summed E-state index contributed by atoms with van der Waals surface area (Å²) in [6.07, 6.45) is 7.14. The molecule has 3 rings (SSSR count). The maximum Gasteiger partial charge on any atom is 0.256 e. The Hall–Kier alpha value is -1.70. The zero-order valence-electron chi connectivity index (χ0n) is 18.3. The van der Waals surface area contributed by atoms with Crippen molar-refractivity contribution in [2.24, 2.45) is 5.73 Å². The van der Waals surface area contributed by atoms with Crippen molar-refractivity contribution in [2.75, 3.05) is 25.1 Å². The first-order valence-electron chi connectivity index (χ1n) is 11.0. The largest absolute Gasteiger partial charge is 0.378 e. The minimum atomic E-state index is -0.408. The number of methoxy groups -OCH3 is 1. The second-order valence-corrected chi connectivity index (χ2v) is 8.64. The summed E-state index contributed by atoms with van der Waals surface area (Å²) in [6.45, 7) is 7.28. The van der Waals surface area contributed by atoms with Crippen LogP contribution in [0.3, 0.4) is 0 Å². The van der Waals surface area contributed by atoms with Gasteiger partial charge in [0.15, 0.2) is 0 Å². The molecule has 1 saturated carbocycles. The topological polar surface area (TPSA) is 92.5 Å². The highest BCUT2D eigenvalue weighted by Crippen LogP contribution is 2.27. The van der Waals surface area contributed by atoms with E-state index in [-0.39, 0.29) is 12.0 Å². The van der Waals surface area contributed by atoms with Gasteiger partial charge in [-0.05, 0) is 51.7 Å². The molecular formula is C22H37N5O2. The molecule has 1 aliphatic carbocycles. The molecular weight excluding hydrogens is 366 g/mol. The molecule has 29 heavy (non-hydrogen) atoms. The number of anilines is 1. The molecule has 7 heteroatoms. The van der Waals surface area contributed by atoms with E-state index in [0.717, 1.165) is 36.6 Å². The number of piperidine rings is 1. The quantitative estimate of drug-likeness (QED) is 0.631. The second-order valence-electron chi connectivity index (χ2n) is 8.64. The molecule has 4 N–H and O–H groups in total. The van der Waals surface area contributed by atoms with E-state index in [9.17, 15) is 4.79 Å². The maximum atomic E-state index is 12.8. The summed E-state index contributed by atoms with van der Waals surface area (Å²) < 4.78 is 5.86. The summed E-state index contributed by atoms with van der Waals surface area (Å²) in [7, 11) is 1.78. The van der Waals surface area contributed by atoms with Crippen molar-refractivity contribution in [3.05, 3.63) is 22.9 Å². The average molecular weight is 404 g/mol. The third-order valence-corrected chi connectivity index (χ3v) is 6.27. The summed E-state index contributed by atoms with van der Waals surface area (Å²) in [5.74, 6) is 0.548. The zero-order chi connectivity index (χ0) is 21.0. The predicted octanol–water partition coefficient (Wildman–Crippen LogP) is 2.25. The molecule has 1 saturated heterocycles. The average Bonchev–Trinajstić information content (AvgIpc) is 2.70. The monoisotopic (exact) mass is 403 g/mol. The number of amides is 1. The first-order valence-corrected chi connectivity index (χ1v) is 11.0. The van der Waals surface area contributed by atoms with E-state index in [1.54, 1.807) is 14.0 Å². The van der Waals surface area contributed by atoms with Gasteiger partial charge in [0, 0.05) is 38.0 Å². The standard InChI is InChI=1S/C22H37N5O2/c1-14-12-18(22(28)25-16(3)23)21(24-15(14)2)27-11-10-19(20(13-27)29-4)26-17-8-6-5-7-9-17/h12,16-17,19-20,26H,5-11,13,23H2,1-4H3,(H,25,28)/t16?,19-,20+/m1/s1. The molecule has 1 amide bonds. The first-order chi connectivity index (χ1) is 13.9. The van der Waals surface area contributed by atoms with E-state index in [0.29, 0.717) is 17.6 Å². The van der Waals surface area contributed by atoms with Crippen LogP contribution in [0.15, 0.2) is 6.07 Å². The van der Waals surface area contributed by atoms with Gasteiger partial charge < -0.3 is 26.0 Å². The molecule has 3 atom stereocenters. The Labute approximate surface area is 174 Å². The summed E-state index contributed by atoms with van der Waals surface area (Å²) in [4.78, 5) is 19.7. The van der Waals surface area contributed by atoms with Gasteiger partial charge >= 0.3 is 0 Å². The lowest BCUT2D eigenvalue weighted by molar-refractivity contribution is 0.0533. The van der Waals surface area contributed by atoms with Crippen LogP contribution in [0.25, 0.3) is 0 Å². The number of hydrogen-bond acceptors (Lipinski definition) is 6. The number of pyridine rings is 1. The Morgan fingerprint density at radius 3 is 2.66 bits per heavy atom. The van der Waals surface area contributed by atoms with Crippen LogP contribution in [0, 0.1) is 13.8 Å². The van der Waals surface area contributed by atoms with Crippen LogP contribution in [0.2, 0.25) is 0 Å². The van der Waals surface area contributed by atoms with Crippen molar-refractivity contribution in [3.8, 4) is 0 Å². The van der Waals surface area contributed by atoms with Crippen molar-refractivity contribution >= 4 is 11.7 Å². The molecule has 2 fully saturated rings. The van der Waals surface area contributed by atoms with Crippen molar-refractivity contribution in [1.29, 1.82) is 0 Å². The lowest BCUT2D eigenvalue weighted by Gasteiger charge is -2.41. The molecule has 7 nitrogen and oxygen atoms in total. The van der Waals surface area contributed by atoms with E-state index < -0.39 is 6.17 Å². The molecule has 162 valence electrons. The molecule has 2 heterocycles. The highest BCUT2D eigenvalue weighted by molar-refractivity contribution is 5.99. The Morgan fingerprint density at radius 2 is 2.00 bits per heavy atom. The third kappa shape index (κ3) is 5.47. The minimum Gasteiger partial charge on any atom is -0.378 e. The highest BCUT2D eigenvalue weighted by Gasteiger charge is 2.33. The molecule has 0 spiro atoms. The summed E-state index contributed by atoms with van der Waals surface area (Å²) in [5, 5.41) is 6.65. The number of ether oxygens (including phenoxy) is 1. The number of carbonyl (C=O) groups excluding carboxylic acids is 1. The van der Waals surface area contributed by atoms with E-state index in [4.69, 9.17) is 15.5 Å². The van der Waals surface area contributed by atoms with Crippen LogP contribution in [0.5, 0.6) is 0 Å². The molecule has 0 radical (unpaired) electrons. The fourth-order valence-corrected chi connectivity index (χ4v) is 4.50. The normalized spacial score (nSPS) is 24.4. The second kappa shape index (κ2) is 9.87. The third-order valence-electron chi connectivity index (χ3n) is 6.27. The van der Waals surface area contributed by atoms with Crippen molar-refractivity contribution in [1.82, 2.24) is 15.6 Å². The fraction of sp³-hybridized carbons (Fsp3) is 0.727. The predicted molar refractivity (Wildman–Crippen MR) is 116 cm³/mol. The number of nitrogens with zero attached hydrogens (tertiary/aromatic N) is 2. The maximum absolute atomic E-state index is 12.8. The molecule has 1 aromatic rings. The lowest BCUT2D eigenvalue weighted by Crippen LogP contribution is -2.56. The summed E-state index contributed by atoms with van der Waals surface area (Å²) in [5.41, 5.74) is 8.31. The van der Waals surface area contributed by atoms with Gasteiger partial charge in [0.05, 0.1) is 17.8 Å². The van der Waals surface area contributed by atoms with Gasteiger partial charge in [0.1, 0.15) is 5.82 Å². The van der Waals surface area contributed by atoms with E-state index in [1.807, 2.05) is 19.9 Å². The number of rotatable bonds is 6. The summed E-state index contributed by atoms with van der Waals surface area (Å²) >= 11 is 0. The van der Waals surface area contributed by atoms with Gasteiger partial charge in [-0.15, -0.1) is 0 Å². The molecule has 0 bridgehead atoms. The Bertz CT molecular complexity index is 703. The van der Waals surface area contributed by atoms with Crippen LogP contribution < -0.4 is 21.3 Å². The Morgan fingerprint density at radius 1 is 1.28 bits per heavy atom. The SMILES string of the molecule is CO[C@H]1CN(c2nc(C)c(C)cc2C(=O)NC(C)N)CC[C@H]1NC1CCCCC1. The van der Waals surface area contributed by atoms with Crippen molar-refractivity contribution < 1.29 is 9.53 Å². The van der Waals surface area contributed by atoms with Crippen LogP contribution in [-0.2, 0) is 4.74 Å². The van der Waals surface area contributed by atoms with Crippen LogP contribution >= 0.6 is 0 Å². The van der Waals surface area contributed by atoms with Gasteiger partial charge in [0.2, 0.25) is 0 Å². The lowest BCUT2D eigenvalue weighted by atomic mass is 9.92. The summed E-state index contributed by atoms with van der Waals surface area (Å²) in [6, 6.07) is 2.86. The molecule has 0 aromatic carbocycles. The number of nitrogens with one attached hydrogen (secondary N) is 2. The van der Waals surface area contributed by atoms with Gasteiger partial charge in [-0.25, -0.2) is 4.98 Å². The Balaban J connectivity index is 1.77. The first kappa shape index (κ1) is 22.0. The van der Waals surface area contributed by atoms with Crippen LogP contribution in [0.4, 0.5) is 5.82 Å². The van der Waals surface area contributed by atoms with Crippen LogP contribution in [-0.4, -0.2) is 55.4 Å². The Kier molecular flexibility index (Phi) is 7.49. The smallest absolute Gasteiger partial charge is 0.256 e. The molecule has 1 unspecified atom stereocenters. The molecule has 1 aliphatic heterocycles. The zero-order valence-corrected chi connectivity index (χ0v) is 18.3. The number of carbonyl (C=O) groups is 1. The number of hydrogen-bond donors (Lipinski definition) is 3. The number of aromatic nitrogens is 1. The van der Waals surface area contributed by atoms with Gasteiger partial charge in [-0.2, -0.15) is 0 Å². The van der Waals surface area contributed by atoms with Crippen LogP contribution in [0.1, 0.15) is 67.1 Å². The van der Waals surface area contributed by atoms with Gasteiger partial charge in [-0.3, -0.25) is 4.79 Å². The fourth-order valence-electron chi connectivity index (χ4n) is 4.50. The van der Waals surface area contributed by atoms with Crippen molar-refractivity contribution in [2.45, 2.75) is 83.6 Å². The van der Waals surface area contributed by atoms with E-state index in [1.165, 1.54) is 32.1 Å². The van der Waals surface area contributed by atoms with E-state index in [2.05, 4.69) is 15.5 Å². The highest BCUT2D eigenvalue weighted by atomic mass is 16.5. The number of nitrogens with two attached hydrogens (primary N) is 1. The molecule has 2 aliphatic rings. The molecule has 1 aromatic heterocycles.